The summed E-state index contributed by atoms with van der Waals surface area (Å²) in [7, 11) is 7.36. The molecule has 886 valence electrons. The molecule has 0 saturated carbocycles. The highest BCUT2D eigenvalue weighted by Gasteiger charge is 3.02. The van der Waals surface area contributed by atoms with Crippen molar-refractivity contribution in [2.75, 3.05) is 19.8 Å². The lowest BCUT2D eigenvalue weighted by Crippen LogP contribution is -2.77. The third-order valence-electron chi connectivity index (χ3n) is 15.2. The highest BCUT2D eigenvalue weighted by molar-refractivity contribution is 8.26. The van der Waals surface area contributed by atoms with Gasteiger partial charge in [0.25, 0.3) is 6.29 Å². The van der Waals surface area contributed by atoms with Crippen molar-refractivity contribution in [3.63, 3.8) is 0 Å². The molecule has 3 unspecified atom stereocenters. The van der Waals surface area contributed by atoms with Gasteiger partial charge in [-0.05, 0) is 11.6 Å². The molecule has 0 aliphatic heterocycles. The molecule has 146 heavy (non-hydrogen) atoms. The van der Waals surface area contributed by atoms with Crippen molar-refractivity contribution in [2.45, 2.75) is 271 Å². The van der Waals surface area contributed by atoms with Gasteiger partial charge in [0.2, 0.25) is 14.8 Å². The van der Waals surface area contributed by atoms with Crippen LogP contribution in [0.2, 0.25) is 0 Å². The van der Waals surface area contributed by atoms with Crippen molar-refractivity contribution in [1.29, 1.82) is 0 Å². The average molecular weight is 2510 g/mol. The molecule has 3 atom stereocenters. The Kier molecular flexibility index (Phi) is 44.3. The van der Waals surface area contributed by atoms with Crippen LogP contribution in [0.1, 0.15) is 26.7 Å². The molecule has 0 aromatic heterocycles. The van der Waals surface area contributed by atoms with Gasteiger partial charge in [-0.2, -0.15) is 373 Å². The smallest absolute Gasteiger partial charge is 0.459 e. The number of esters is 1. The standard InChI is InChI=1S/C12ClF25O.C12H5ClF20O.C12H6F20O2.C12H4F20O2.CH4.Cl2OS/c13-9(30,11(34,35)36)39-12(37,38)8(28,29)6(24,25)4(20,21)2(16,17)1(14,15)3(18,19)5(22,23)7(26,27)10(31,32)33;13-3(5(16,17)18)34-2-1-4(14,15)6(19,20)7(21,22)8(23,24)9(25,26)10(27,28)11(29,30)12(31,32)33;2*13-4(14,1-2-34-3(33)5(15,16)17)6(18,19)7(20,21)8(22,23)9(24,25)10(26,27)11(28,29)12(30,31)32;;1-4(2)3/h;3H,1-2H2;3,33H,1-2H2;1-2H2;1H4;. The summed E-state index contributed by atoms with van der Waals surface area (Å²) in [6.07, 6.45) is -78.5. The van der Waals surface area contributed by atoms with Crippen molar-refractivity contribution in [1.82, 2.24) is 0 Å². The second-order valence-corrected chi connectivity index (χ2v) is 28.6. The number of carbonyl (C=O) groups excluding carboxylic acids is 1. The van der Waals surface area contributed by atoms with Crippen molar-refractivity contribution in [2.24, 2.45) is 0 Å². The van der Waals surface area contributed by atoms with E-state index in [4.69, 9.17) is 9.32 Å². The highest BCUT2D eigenvalue weighted by atomic mass is 36.0. The molecule has 0 aromatic rings. The molecule has 0 amide bonds. The minimum Gasteiger partial charge on any atom is -0.459 e. The van der Waals surface area contributed by atoms with Gasteiger partial charge in [0.15, 0.2) is 0 Å². The van der Waals surface area contributed by atoms with Crippen LogP contribution < -0.4 is 0 Å². The number of ether oxygens (including phenoxy) is 4. The fourth-order valence-electron chi connectivity index (χ4n) is 7.02. The zero-order chi connectivity index (χ0) is 121. The number of alkyl halides is 87. The Morgan fingerprint density at radius 1 is 0.233 bits per heavy atom. The summed E-state index contributed by atoms with van der Waals surface area (Å²) in [6.45, 7) is -7.68. The normalized spacial score (nSPS) is 16.9. The molecule has 7 nitrogen and oxygen atoms in total. The van der Waals surface area contributed by atoms with Gasteiger partial charge in [0.1, 0.15) is 0 Å². The fraction of sp³-hybridized carbons (Fsp3) is 0.980. The van der Waals surface area contributed by atoms with Gasteiger partial charge in [0, 0.05) is 34.2 Å². The molecule has 0 rings (SSSR count). The Bertz CT molecular complexity index is 4080. The molecule has 1 N–H and O–H groups in total. The van der Waals surface area contributed by atoms with E-state index in [1.165, 1.54) is 4.74 Å². The Balaban J connectivity index is -0.000000441. The summed E-state index contributed by atoms with van der Waals surface area (Å²) in [5.41, 5.74) is -3.59. The lowest BCUT2D eigenvalue weighted by Gasteiger charge is -2.44. The molecule has 0 bridgehead atoms. The van der Waals surface area contributed by atoms with E-state index in [9.17, 15) is 378 Å². The molecular weight excluding hydrogens is 2490 g/mol. The van der Waals surface area contributed by atoms with E-state index in [2.05, 4.69) is 58.8 Å². The van der Waals surface area contributed by atoms with E-state index in [1.807, 2.05) is 0 Å². The van der Waals surface area contributed by atoms with Gasteiger partial charge < -0.3 is 19.3 Å². The summed E-state index contributed by atoms with van der Waals surface area (Å²) in [4.78, 5) is 10.2. The van der Waals surface area contributed by atoms with Gasteiger partial charge in [0.05, 0.1) is 26.2 Å². The van der Waals surface area contributed by atoms with E-state index in [1.54, 1.807) is 0 Å². The summed E-state index contributed by atoms with van der Waals surface area (Å²) in [6, 6.07) is 0. The van der Waals surface area contributed by atoms with Crippen LogP contribution >= 0.6 is 44.6 Å². The molecule has 0 aromatic carbocycles. The molecule has 0 fully saturated rings. The summed E-state index contributed by atoms with van der Waals surface area (Å²) >= 11 is 7.80. The first kappa shape index (κ1) is 151. The van der Waals surface area contributed by atoms with Crippen molar-refractivity contribution in [3.8, 4) is 0 Å². The Morgan fingerprint density at radius 2 is 0.384 bits per heavy atom. The Hall–Kier alpha value is -5.33. The molecule has 0 heterocycles. The average Bonchev–Trinajstić information content (AvgIpc) is 0.684. The van der Waals surface area contributed by atoms with E-state index in [0.29, 0.717) is 0 Å². The van der Waals surface area contributed by atoms with Crippen LogP contribution in [0.15, 0.2) is 0 Å². The number of halogens is 89. The lowest BCUT2D eigenvalue weighted by atomic mass is 9.87. The molecule has 0 aliphatic carbocycles. The summed E-state index contributed by atoms with van der Waals surface area (Å²) in [5.74, 6) is -251. The maximum Gasteiger partial charge on any atom is 0.490 e. The Morgan fingerprint density at radius 3 is 0.534 bits per heavy atom. The maximum atomic E-state index is 13.4. The van der Waals surface area contributed by atoms with Gasteiger partial charge in [-0.25, -0.2) is 9.00 Å². The monoisotopic (exact) mass is 2510 g/mol. The third-order valence-corrected chi connectivity index (χ3v) is 15.9. The van der Waals surface area contributed by atoms with Crippen LogP contribution in [0.5, 0.6) is 0 Å². The predicted molar refractivity (Wildman–Crippen MR) is 287 cm³/mol. The zero-order valence-electron chi connectivity index (χ0n) is 62.3. The number of hydrogen-bond acceptors (Lipinski definition) is 7. The predicted octanol–water partition coefficient (Wildman–Crippen LogP) is 30.6. The van der Waals surface area contributed by atoms with Crippen LogP contribution in [0.25, 0.3) is 0 Å². The summed E-state index contributed by atoms with van der Waals surface area (Å²) in [5, 5.41) is 1.38. The first-order valence-corrected chi connectivity index (χ1v) is 34.1. The van der Waals surface area contributed by atoms with E-state index >= 15 is 0 Å². The van der Waals surface area contributed by atoms with E-state index in [0.717, 1.165) is 0 Å². The topological polar surface area (TPSA) is 91.3 Å². The molecule has 97 heteroatoms. The highest BCUT2D eigenvalue weighted by Crippen LogP contribution is 2.72. The third kappa shape index (κ3) is 25.9. The fourth-order valence-corrected chi connectivity index (χ4v) is 7.20. The maximum absolute atomic E-state index is 13.4. The van der Waals surface area contributed by atoms with Crippen LogP contribution in [-0.2, 0) is 33.0 Å². The van der Waals surface area contributed by atoms with Crippen LogP contribution in [0.3, 0.4) is 0 Å². The van der Waals surface area contributed by atoms with Gasteiger partial charge in [-0.15, -0.1) is 0 Å². The first-order chi connectivity index (χ1) is 61.1. The zero-order valence-corrected chi connectivity index (χ0v) is 66.2. The van der Waals surface area contributed by atoms with Gasteiger partial charge in [-0.1, -0.05) is 19.0 Å². The number of rotatable bonds is 39. The number of carbonyl (C=O) groups is 1. The van der Waals surface area contributed by atoms with Crippen molar-refractivity contribution in [3.05, 3.63) is 0 Å². The molecule has 0 aliphatic rings. The Labute approximate surface area is 756 Å². The van der Waals surface area contributed by atoms with Gasteiger partial charge >= 0.3 is 239 Å². The minimum atomic E-state index is -9.52. The molecule has 0 spiro atoms. The second-order valence-electron chi connectivity index (χ2n) is 25.2. The number of aliphatic hydroxyl groups excluding tert-OH is 1. The van der Waals surface area contributed by atoms with Crippen LogP contribution in [0, 0.1) is 0 Å². The molecule has 0 saturated heterocycles. The first-order valence-electron chi connectivity index (χ1n) is 30.5. The van der Waals surface area contributed by atoms with Crippen LogP contribution in [0.4, 0.5) is 373 Å². The van der Waals surface area contributed by atoms with Crippen molar-refractivity contribution >= 4 is 59.8 Å². The SMILES string of the molecule is C.FC(F)(F)C(Cl)OCCC(F)(F)C(F)(F)C(F)(F)C(F)(F)C(F)(F)C(F)(F)C(F)(F)C(F)(F)F.FC(F)(F)C(F)(Cl)OC(F)(F)C(F)(F)C(F)(F)C(F)(F)C(F)(F)C(F)(F)C(F)(F)C(F)(F)C(F)(F)C(F)(F)F.O=C(OCCC(F)(F)C(F)(F)C(F)(F)C(F)(F)C(F)(F)C(F)(F)C(F)(F)C(F)(F)F)C(F)(F)F.O=S(Cl)Cl.OC(OCCC(F)(F)C(F)(F)C(F)(F)C(F)(F)C(F)(F)C(F)(F)C(F)(F)C(F)(F)F)C(F)(F)F. The van der Waals surface area contributed by atoms with E-state index in [-0.39, 0.29) is 7.43 Å². The minimum absolute atomic E-state index is 0. The molecular formula is C49H19Cl4F85O7S. The quantitative estimate of drug-likeness (QED) is 0.0216. The largest absolute Gasteiger partial charge is 0.490 e. The van der Waals surface area contributed by atoms with Gasteiger partial charge in [-0.3, -0.25) is 4.74 Å². The van der Waals surface area contributed by atoms with Crippen LogP contribution in [-0.4, -0.2) is 280 Å². The van der Waals surface area contributed by atoms with E-state index < -0.39 is 299 Å². The second kappa shape index (κ2) is 42.7. The molecule has 0 radical (unpaired) electrons. The number of hydrogen-bond donors (Lipinski definition) is 1. The lowest BCUT2D eigenvalue weighted by molar-refractivity contribution is -0.496. The summed E-state index contributed by atoms with van der Waals surface area (Å²) < 4.78 is 1110. The number of aliphatic hydroxyl groups is 1. The van der Waals surface area contributed by atoms with Crippen molar-refractivity contribution < 1.29 is 406 Å².